The fourth-order valence-electron chi connectivity index (χ4n) is 2.95. The van der Waals surface area contributed by atoms with E-state index in [1.54, 1.807) is 24.3 Å². The molecular weight excluding hydrogens is 388 g/mol. The molecule has 1 atom stereocenters. The van der Waals surface area contributed by atoms with Gasteiger partial charge in [0, 0.05) is 0 Å². The zero-order valence-corrected chi connectivity index (χ0v) is 18.5. The van der Waals surface area contributed by atoms with Gasteiger partial charge in [-0.05, 0) is 57.0 Å². The summed E-state index contributed by atoms with van der Waals surface area (Å²) in [6.07, 6.45) is 1.82. The molecule has 0 unspecified atom stereocenters. The fraction of sp³-hybridized carbons (Fsp3) is 0.409. The number of hydrogen-bond donors (Lipinski definition) is 1. The van der Waals surface area contributed by atoms with Crippen molar-refractivity contribution in [1.29, 1.82) is 0 Å². The highest BCUT2D eigenvalue weighted by Crippen LogP contribution is 2.23. The smallest absolute Gasteiger partial charge is 0.241 e. The predicted octanol–water partition coefficient (Wildman–Crippen LogP) is 3.82. The first-order valence-corrected chi connectivity index (χ1v) is 11.5. The van der Waals surface area contributed by atoms with E-state index in [1.165, 1.54) is 0 Å². The second kappa shape index (κ2) is 9.78. The van der Waals surface area contributed by atoms with Crippen molar-refractivity contribution in [3.05, 3.63) is 59.7 Å². The molecule has 0 saturated heterocycles. The molecule has 2 aromatic carbocycles. The summed E-state index contributed by atoms with van der Waals surface area (Å²) in [6, 6.07) is 14.5. The number of carbonyl (C=O) groups is 1. The minimum atomic E-state index is -3.63. The standard InChI is InChI=1S/C22H30N2O4S/c1-6-21(18-9-7-17(4)8-10-18)23-22(25)15-24(29(5,26)27)19-11-13-20(14-12-19)28-16(2)3/h7-14,16,21H,6,15H2,1-5H3,(H,23,25)/t21-/m1/s1. The molecule has 0 aliphatic carbocycles. The molecule has 1 amide bonds. The molecule has 2 aromatic rings. The van der Waals surface area contributed by atoms with E-state index in [-0.39, 0.29) is 24.6 Å². The Labute approximate surface area is 173 Å². The highest BCUT2D eigenvalue weighted by atomic mass is 32.2. The Bertz CT molecular complexity index is 907. The first-order chi connectivity index (χ1) is 13.6. The summed E-state index contributed by atoms with van der Waals surface area (Å²) in [6.45, 7) is 7.53. The number of anilines is 1. The molecule has 2 rings (SSSR count). The zero-order chi connectivity index (χ0) is 21.6. The van der Waals surface area contributed by atoms with Gasteiger partial charge in [0.05, 0.1) is 24.1 Å². The van der Waals surface area contributed by atoms with Crippen LogP contribution in [0.4, 0.5) is 5.69 Å². The van der Waals surface area contributed by atoms with Crippen LogP contribution >= 0.6 is 0 Å². The first kappa shape index (κ1) is 22.7. The van der Waals surface area contributed by atoms with Gasteiger partial charge in [0.15, 0.2) is 0 Å². The summed E-state index contributed by atoms with van der Waals surface area (Å²) in [5, 5.41) is 2.94. The first-order valence-electron chi connectivity index (χ1n) is 9.70. The Hall–Kier alpha value is -2.54. The maximum absolute atomic E-state index is 12.7. The molecule has 0 heterocycles. The molecule has 158 valence electrons. The Morgan fingerprint density at radius 2 is 1.66 bits per heavy atom. The average Bonchev–Trinajstić information content (AvgIpc) is 2.64. The van der Waals surface area contributed by atoms with E-state index < -0.39 is 10.0 Å². The Morgan fingerprint density at radius 1 is 1.07 bits per heavy atom. The van der Waals surface area contributed by atoms with E-state index in [0.717, 1.165) is 21.7 Å². The number of aryl methyl sites for hydroxylation is 1. The molecule has 0 bridgehead atoms. The van der Waals surface area contributed by atoms with E-state index in [0.29, 0.717) is 17.9 Å². The van der Waals surface area contributed by atoms with Gasteiger partial charge in [-0.2, -0.15) is 0 Å². The van der Waals surface area contributed by atoms with Crippen LogP contribution in [0.25, 0.3) is 0 Å². The van der Waals surface area contributed by atoms with Gasteiger partial charge in [0.2, 0.25) is 15.9 Å². The van der Waals surface area contributed by atoms with Crippen LogP contribution in [-0.2, 0) is 14.8 Å². The molecule has 0 aliphatic heterocycles. The minimum Gasteiger partial charge on any atom is -0.491 e. The summed E-state index contributed by atoms with van der Waals surface area (Å²) in [5.74, 6) is 0.289. The number of nitrogens with zero attached hydrogens (tertiary/aromatic N) is 1. The van der Waals surface area contributed by atoms with Gasteiger partial charge in [-0.15, -0.1) is 0 Å². The van der Waals surface area contributed by atoms with Gasteiger partial charge in [0.25, 0.3) is 0 Å². The second-order valence-corrected chi connectivity index (χ2v) is 9.28. The third-order valence-corrected chi connectivity index (χ3v) is 5.55. The van der Waals surface area contributed by atoms with E-state index in [2.05, 4.69) is 5.32 Å². The number of benzene rings is 2. The van der Waals surface area contributed by atoms with Gasteiger partial charge >= 0.3 is 0 Å². The van der Waals surface area contributed by atoms with Gasteiger partial charge in [-0.1, -0.05) is 36.8 Å². The summed E-state index contributed by atoms with van der Waals surface area (Å²) >= 11 is 0. The number of amides is 1. The van der Waals surface area contributed by atoms with Gasteiger partial charge in [-0.25, -0.2) is 8.42 Å². The number of hydrogen-bond acceptors (Lipinski definition) is 4. The maximum Gasteiger partial charge on any atom is 0.241 e. The van der Waals surface area contributed by atoms with Crippen LogP contribution in [0.15, 0.2) is 48.5 Å². The molecule has 1 N–H and O–H groups in total. The lowest BCUT2D eigenvalue weighted by Gasteiger charge is -2.24. The number of nitrogens with one attached hydrogen (secondary N) is 1. The van der Waals surface area contributed by atoms with E-state index in [9.17, 15) is 13.2 Å². The topological polar surface area (TPSA) is 75.7 Å². The monoisotopic (exact) mass is 418 g/mol. The fourth-order valence-corrected chi connectivity index (χ4v) is 3.81. The second-order valence-electron chi connectivity index (χ2n) is 7.37. The van der Waals surface area contributed by atoms with E-state index in [1.807, 2.05) is 52.0 Å². The van der Waals surface area contributed by atoms with Crippen molar-refractivity contribution >= 4 is 21.6 Å². The Kier molecular flexibility index (Phi) is 7.67. The van der Waals surface area contributed by atoms with Crippen molar-refractivity contribution in [3.8, 4) is 5.75 Å². The molecule has 0 radical (unpaired) electrons. The predicted molar refractivity (Wildman–Crippen MR) is 117 cm³/mol. The number of carbonyl (C=O) groups excluding carboxylic acids is 1. The third kappa shape index (κ3) is 6.78. The lowest BCUT2D eigenvalue weighted by molar-refractivity contribution is -0.120. The summed E-state index contributed by atoms with van der Waals surface area (Å²) < 4.78 is 31.3. The summed E-state index contributed by atoms with van der Waals surface area (Å²) in [4.78, 5) is 12.7. The van der Waals surface area contributed by atoms with Crippen molar-refractivity contribution in [2.45, 2.75) is 46.3 Å². The highest BCUT2D eigenvalue weighted by molar-refractivity contribution is 7.92. The highest BCUT2D eigenvalue weighted by Gasteiger charge is 2.22. The molecule has 0 saturated carbocycles. The molecule has 0 spiro atoms. The van der Waals surface area contributed by atoms with Gasteiger partial charge in [0.1, 0.15) is 12.3 Å². The van der Waals surface area contributed by atoms with E-state index in [4.69, 9.17) is 4.74 Å². The number of ether oxygens (including phenoxy) is 1. The van der Waals surface area contributed by atoms with E-state index >= 15 is 0 Å². The van der Waals surface area contributed by atoms with Gasteiger partial charge in [-0.3, -0.25) is 9.10 Å². The van der Waals surface area contributed by atoms with Gasteiger partial charge < -0.3 is 10.1 Å². The molecule has 0 aliphatic rings. The van der Waals surface area contributed by atoms with Crippen LogP contribution in [0.5, 0.6) is 5.75 Å². The average molecular weight is 419 g/mol. The molecule has 0 aromatic heterocycles. The van der Waals surface area contributed by atoms with Crippen LogP contribution in [0.2, 0.25) is 0 Å². The lowest BCUT2D eigenvalue weighted by Crippen LogP contribution is -2.41. The van der Waals surface area contributed by atoms with Crippen molar-refractivity contribution in [3.63, 3.8) is 0 Å². The quantitative estimate of drug-likeness (QED) is 0.672. The van der Waals surface area contributed by atoms with Crippen LogP contribution in [-0.4, -0.2) is 33.2 Å². The van der Waals surface area contributed by atoms with Crippen LogP contribution < -0.4 is 14.4 Å². The zero-order valence-electron chi connectivity index (χ0n) is 17.7. The van der Waals surface area contributed by atoms with Crippen molar-refractivity contribution in [2.24, 2.45) is 0 Å². The largest absolute Gasteiger partial charge is 0.491 e. The molecule has 7 heteroatoms. The number of sulfonamides is 1. The SMILES string of the molecule is CC[C@@H](NC(=O)CN(c1ccc(OC(C)C)cc1)S(C)(=O)=O)c1ccc(C)cc1. The molecule has 29 heavy (non-hydrogen) atoms. The Morgan fingerprint density at radius 3 is 2.14 bits per heavy atom. The minimum absolute atomic E-state index is 0.0189. The lowest BCUT2D eigenvalue weighted by atomic mass is 10.0. The third-order valence-electron chi connectivity index (χ3n) is 4.41. The molecule has 0 fully saturated rings. The normalized spacial score (nSPS) is 12.5. The van der Waals surface area contributed by atoms with Crippen molar-refractivity contribution in [1.82, 2.24) is 5.32 Å². The maximum atomic E-state index is 12.7. The Balaban J connectivity index is 2.15. The van der Waals surface area contributed by atoms with Crippen molar-refractivity contribution < 1.29 is 17.9 Å². The molecule has 6 nitrogen and oxygen atoms in total. The van der Waals surface area contributed by atoms with Crippen LogP contribution in [0.1, 0.15) is 44.4 Å². The summed E-state index contributed by atoms with van der Waals surface area (Å²) in [5.41, 5.74) is 2.55. The summed E-state index contributed by atoms with van der Waals surface area (Å²) in [7, 11) is -3.63. The van der Waals surface area contributed by atoms with Crippen molar-refractivity contribution in [2.75, 3.05) is 17.1 Å². The molecular formula is C22H30N2O4S. The number of rotatable bonds is 9. The van der Waals surface area contributed by atoms with Crippen LogP contribution in [0.3, 0.4) is 0 Å². The van der Waals surface area contributed by atoms with Crippen LogP contribution in [0, 0.1) is 6.92 Å².